The van der Waals surface area contributed by atoms with Gasteiger partial charge in [-0.05, 0) is 68.4 Å². The first-order valence-corrected chi connectivity index (χ1v) is 10.7. The van der Waals surface area contributed by atoms with Crippen LogP contribution >= 0.6 is 0 Å². The summed E-state index contributed by atoms with van der Waals surface area (Å²) in [5.41, 5.74) is 3.40. The fourth-order valence-corrected chi connectivity index (χ4v) is 3.90. The zero-order valence-electron chi connectivity index (χ0n) is 18.3. The van der Waals surface area contributed by atoms with Gasteiger partial charge in [-0.1, -0.05) is 42.5 Å². The minimum Gasteiger partial charge on any atom is -0.457 e. The predicted octanol–water partition coefficient (Wildman–Crippen LogP) is 5.70. The standard InChI is InChI=1S/C26H29N3O2/c1-19-9-7-8-12-25(19)20(2)28(3)22-17-29(18-22)26(30)27-21-13-15-24(16-14-21)31-23-10-5-4-6-11-23/h4-16,20,22H,17-18H2,1-3H3,(H,27,30). The monoisotopic (exact) mass is 415 g/mol. The number of benzene rings is 3. The van der Waals surface area contributed by atoms with E-state index in [1.165, 1.54) is 11.1 Å². The fraction of sp³-hybridized carbons (Fsp3) is 0.269. The van der Waals surface area contributed by atoms with Crippen molar-refractivity contribution in [1.82, 2.24) is 9.80 Å². The maximum atomic E-state index is 12.6. The van der Waals surface area contributed by atoms with Crippen LogP contribution in [0.1, 0.15) is 24.1 Å². The smallest absolute Gasteiger partial charge is 0.321 e. The molecule has 31 heavy (non-hydrogen) atoms. The average Bonchev–Trinajstić information content (AvgIpc) is 2.74. The number of hydrogen-bond donors (Lipinski definition) is 1. The molecule has 3 aromatic rings. The van der Waals surface area contributed by atoms with Crippen molar-refractivity contribution in [2.75, 3.05) is 25.5 Å². The number of rotatable bonds is 6. The Hall–Kier alpha value is -3.31. The normalized spacial score (nSPS) is 14.8. The largest absolute Gasteiger partial charge is 0.457 e. The second-order valence-corrected chi connectivity index (χ2v) is 8.13. The third kappa shape index (κ3) is 4.89. The molecule has 0 saturated carbocycles. The van der Waals surface area contributed by atoms with Gasteiger partial charge in [0.25, 0.3) is 0 Å². The molecule has 1 saturated heterocycles. The molecule has 160 valence electrons. The van der Waals surface area contributed by atoms with Crippen LogP contribution in [0.3, 0.4) is 0 Å². The second kappa shape index (κ2) is 9.23. The van der Waals surface area contributed by atoms with Crippen LogP contribution in [0.25, 0.3) is 0 Å². The molecule has 0 bridgehead atoms. The minimum atomic E-state index is -0.0649. The van der Waals surface area contributed by atoms with Crippen molar-refractivity contribution in [1.29, 1.82) is 0 Å². The van der Waals surface area contributed by atoms with E-state index in [0.717, 1.165) is 30.3 Å². The zero-order chi connectivity index (χ0) is 21.8. The number of hydrogen-bond acceptors (Lipinski definition) is 3. The number of ether oxygens (including phenoxy) is 1. The van der Waals surface area contributed by atoms with Gasteiger partial charge in [0.2, 0.25) is 0 Å². The highest BCUT2D eigenvalue weighted by Gasteiger charge is 2.35. The summed E-state index contributed by atoms with van der Waals surface area (Å²) in [6.45, 7) is 5.84. The quantitative estimate of drug-likeness (QED) is 0.562. The van der Waals surface area contributed by atoms with Crippen LogP contribution in [-0.2, 0) is 0 Å². The molecule has 3 aromatic carbocycles. The molecule has 2 amide bonds. The van der Waals surface area contributed by atoms with Gasteiger partial charge in [0.05, 0.1) is 0 Å². The third-order valence-corrected chi connectivity index (χ3v) is 6.06. The van der Waals surface area contributed by atoms with Gasteiger partial charge in [-0.2, -0.15) is 0 Å². The molecule has 1 atom stereocenters. The highest BCUT2D eigenvalue weighted by Crippen LogP contribution is 2.28. The SMILES string of the molecule is Cc1ccccc1C(C)N(C)C1CN(C(=O)Nc2ccc(Oc3ccccc3)cc2)C1. The van der Waals surface area contributed by atoms with E-state index < -0.39 is 0 Å². The van der Waals surface area contributed by atoms with Crippen LogP contribution in [-0.4, -0.2) is 42.0 Å². The van der Waals surface area contributed by atoms with Crippen LogP contribution in [0.5, 0.6) is 11.5 Å². The van der Waals surface area contributed by atoms with Crippen LogP contribution in [0.2, 0.25) is 0 Å². The van der Waals surface area contributed by atoms with Gasteiger partial charge in [-0.3, -0.25) is 4.90 Å². The van der Waals surface area contributed by atoms with Crippen molar-refractivity contribution in [2.45, 2.75) is 25.9 Å². The summed E-state index contributed by atoms with van der Waals surface area (Å²) in [4.78, 5) is 16.8. The Morgan fingerprint density at radius 3 is 2.26 bits per heavy atom. The molecule has 1 aliphatic heterocycles. The number of amides is 2. The topological polar surface area (TPSA) is 44.8 Å². The van der Waals surface area contributed by atoms with Crippen LogP contribution < -0.4 is 10.1 Å². The Morgan fingerprint density at radius 2 is 1.58 bits per heavy atom. The van der Waals surface area contributed by atoms with E-state index in [1.54, 1.807) is 0 Å². The fourth-order valence-electron chi connectivity index (χ4n) is 3.90. The maximum Gasteiger partial charge on any atom is 0.321 e. The summed E-state index contributed by atoms with van der Waals surface area (Å²) in [5, 5.41) is 2.98. The molecule has 1 fully saturated rings. The summed E-state index contributed by atoms with van der Waals surface area (Å²) >= 11 is 0. The Bertz CT molecular complexity index is 1010. The van der Waals surface area contributed by atoms with Crippen molar-refractivity contribution in [2.24, 2.45) is 0 Å². The van der Waals surface area contributed by atoms with Crippen molar-refractivity contribution in [3.05, 3.63) is 90.0 Å². The van der Waals surface area contributed by atoms with Gasteiger partial charge < -0.3 is 15.0 Å². The van der Waals surface area contributed by atoms with Crippen molar-refractivity contribution in [3.63, 3.8) is 0 Å². The summed E-state index contributed by atoms with van der Waals surface area (Å²) in [7, 11) is 2.14. The molecule has 5 heteroatoms. The molecular formula is C26H29N3O2. The van der Waals surface area contributed by atoms with E-state index in [1.807, 2.05) is 59.5 Å². The van der Waals surface area contributed by atoms with E-state index in [4.69, 9.17) is 4.74 Å². The lowest BCUT2D eigenvalue weighted by molar-refractivity contribution is 0.0558. The van der Waals surface area contributed by atoms with Crippen molar-refractivity contribution >= 4 is 11.7 Å². The van der Waals surface area contributed by atoms with E-state index in [9.17, 15) is 4.79 Å². The van der Waals surface area contributed by atoms with E-state index in [-0.39, 0.29) is 6.03 Å². The summed E-state index contributed by atoms with van der Waals surface area (Å²) in [6.07, 6.45) is 0. The molecule has 0 spiro atoms. The first-order chi connectivity index (χ1) is 15.0. The first kappa shape index (κ1) is 20.9. The van der Waals surface area contributed by atoms with Gasteiger partial charge >= 0.3 is 6.03 Å². The maximum absolute atomic E-state index is 12.6. The molecule has 1 heterocycles. The van der Waals surface area contributed by atoms with Crippen LogP contribution in [0.15, 0.2) is 78.9 Å². The molecule has 1 aliphatic rings. The highest BCUT2D eigenvalue weighted by molar-refractivity contribution is 5.90. The minimum absolute atomic E-state index is 0.0649. The number of nitrogens with zero attached hydrogens (tertiary/aromatic N) is 2. The summed E-state index contributed by atoms with van der Waals surface area (Å²) in [5.74, 6) is 1.52. The average molecular weight is 416 g/mol. The van der Waals surface area contributed by atoms with Gasteiger partial charge in [-0.25, -0.2) is 4.79 Å². The molecule has 0 aliphatic carbocycles. The number of para-hydroxylation sites is 1. The van der Waals surface area contributed by atoms with Crippen molar-refractivity contribution < 1.29 is 9.53 Å². The Labute approximate surface area is 184 Å². The molecule has 1 N–H and O–H groups in total. The molecule has 1 unspecified atom stereocenters. The number of urea groups is 1. The Morgan fingerprint density at radius 1 is 0.968 bits per heavy atom. The predicted molar refractivity (Wildman–Crippen MR) is 125 cm³/mol. The lowest BCUT2D eigenvalue weighted by Crippen LogP contribution is -2.61. The number of aryl methyl sites for hydroxylation is 1. The molecule has 5 nitrogen and oxygen atoms in total. The van der Waals surface area contributed by atoms with Gasteiger partial charge in [0.1, 0.15) is 11.5 Å². The Balaban J connectivity index is 1.27. The number of nitrogens with one attached hydrogen (secondary N) is 1. The zero-order valence-corrected chi connectivity index (χ0v) is 18.3. The lowest BCUT2D eigenvalue weighted by atomic mass is 9.98. The summed E-state index contributed by atoms with van der Waals surface area (Å²) in [6, 6.07) is 26.2. The van der Waals surface area contributed by atoms with E-state index in [0.29, 0.717) is 12.1 Å². The number of carbonyl (C=O) groups is 1. The van der Waals surface area contributed by atoms with Gasteiger partial charge in [-0.15, -0.1) is 0 Å². The molecule has 4 rings (SSSR count). The van der Waals surface area contributed by atoms with Crippen LogP contribution in [0, 0.1) is 6.92 Å². The second-order valence-electron chi connectivity index (χ2n) is 8.13. The number of likely N-dealkylation sites (tertiary alicyclic amines) is 1. The van der Waals surface area contributed by atoms with Crippen molar-refractivity contribution in [3.8, 4) is 11.5 Å². The van der Waals surface area contributed by atoms with E-state index >= 15 is 0 Å². The number of likely N-dealkylation sites (N-methyl/N-ethyl adjacent to an activating group) is 1. The van der Waals surface area contributed by atoms with Crippen LogP contribution in [0.4, 0.5) is 10.5 Å². The lowest BCUT2D eigenvalue weighted by Gasteiger charge is -2.46. The molecule has 0 aromatic heterocycles. The highest BCUT2D eigenvalue weighted by atomic mass is 16.5. The Kier molecular flexibility index (Phi) is 6.23. The van der Waals surface area contributed by atoms with Gasteiger partial charge in [0, 0.05) is 30.9 Å². The number of anilines is 1. The summed E-state index contributed by atoms with van der Waals surface area (Å²) < 4.78 is 5.80. The molecular weight excluding hydrogens is 386 g/mol. The third-order valence-electron chi connectivity index (χ3n) is 6.06. The number of carbonyl (C=O) groups excluding carboxylic acids is 1. The molecule has 0 radical (unpaired) electrons. The first-order valence-electron chi connectivity index (χ1n) is 10.7. The van der Waals surface area contributed by atoms with Gasteiger partial charge in [0.15, 0.2) is 0 Å². The van der Waals surface area contributed by atoms with E-state index in [2.05, 4.69) is 55.4 Å².